The monoisotopic (exact) mass is 298 g/mol. The van der Waals surface area contributed by atoms with Gasteiger partial charge in [0.2, 0.25) is 0 Å². The maximum atomic E-state index is 5.43. The molecule has 3 heteroatoms. The van der Waals surface area contributed by atoms with E-state index >= 15 is 0 Å². The third-order valence-corrected chi connectivity index (χ3v) is 4.89. The molecule has 1 saturated carbocycles. The highest BCUT2D eigenvalue weighted by Gasteiger charge is 2.34. The zero-order valence-electron chi connectivity index (χ0n) is 10.6. The molecule has 1 fully saturated rings. The molecule has 0 amide bonds. The smallest absolute Gasteiger partial charge is 0.123 e. The van der Waals surface area contributed by atoms with E-state index in [0.717, 1.165) is 17.4 Å². The minimum Gasteiger partial charge on any atom is -0.497 e. The Labute approximate surface area is 111 Å². The van der Waals surface area contributed by atoms with E-state index < -0.39 is 0 Å². The van der Waals surface area contributed by atoms with Gasteiger partial charge in [-0.25, -0.2) is 0 Å². The highest BCUT2D eigenvalue weighted by atomic mass is 79.9. The van der Waals surface area contributed by atoms with Crippen molar-refractivity contribution in [2.75, 3.05) is 14.2 Å². The first-order chi connectivity index (χ1) is 8.17. The molecule has 0 aromatic heterocycles. The molecule has 1 aliphatic carbocycles. The fraction of sp³-hybridized carbons (Fsp3) is 0.571. The van der Waals surface area contributed by atoms with E-state index in [9.17, 15) is 0 Å². The Hall–Kier alpha value is -0.700. The molecular weight excluding hydrogens is 280 g/mol. The van der Waals surface area contributed by atoms with Gasteiger partial charge in [-0.05, 0) is 42.9 Å². The molecule has 1 aromatic carbocycles. The van der Waals surface area contributed by atoms with E-state index in [1.165, 1.54) is 18.4 Å². The van der Waals surface area contributed by atoms with Gasteiger partial charge in [0.05, 0.1) is 14.2 Å². The van der Waals surface area contributed by atoms with Crippen molar-refractivity contribution in [2.24, 2.45) is 11.8 Å². The van der Waals surface area contributed by atoms with Crippen molar-refractivity contribution in [1.82, 2.24) is 0 Å². The number of hydrogen-bond donors (Lipinski definition) is 0. The Kier molecular flexibility index (Phi) is 3.97. The molecule has 0 bridgehead atoms. The maximum Gasteiger partial charge on any atom is 0.123 e. The molecule has 17 heavy (non-hydrogen) atoms. The number of alkyl halides is 1. The van der Waals surface area contributed by atoms with Crippen LogP contribution in [0.4, 0.5) is 0 Å². The van der Waals surface area contributed by atoms with Crippen molar-refractivity contribution in [3.8, 4) is 11.5 Å². The van der Waals surface area contributed by atoms with Gasteiger partial charge in [0.1, 0.15) is 11.5 Å². The first-order valence-electron chi connectivity index (χ1n) is 6.03. The summed E-state index contributed by atoms with van der Waals surface area (Å²) < 4.78 is 10.7. The lowest BCUT2D eigenvalue weighted by Crippen LogP contribution is -2.07. The van der Waals surface area contributed by atoms with E-state index in [2.05, 4.69) is 28.9 Å². The predicted molar refractivity (Wildman–Crippen MR) is 73.1 cm³/mol. The van der Waals surface area contributed by atoms with Crippen molar-refractivity contribution in [3.63, 3.8) is 0 Å². The summed E-state index contributed by atoms with van der Waals surface area (Å²) in [4.78, 5) is 0.333. The predicted octanol–water partition coefficient (Wildman–Crippen LogP) is 4.19. The normalized spacial score (nSPS) is 18.6. The second-order valence-electron chi connectivity index (χ2n) is 4.71. The van der Waals surface area contributed by atoms with Crippen molar-refractivity contribution in [1.29, 1.82) is 0 Å². The van der Waals surface area contributed by atoms with Crippen molar-refractivity contribution < 1.29 is 9.47 Å². The van der Waals surface area contributed by atoms with Crippen LogP contribution in [-0.2, 0) is 0 Å². The van der Waals surface area contributed by atoms with Crippen LogP contribution < -0.4 is 9.47 Å². The Balaban J connectivity index is 2.27. The van der Waals surface area contributed by atoms with Gasteiger partial charge in [0, 0.05) is 10.4 Å². The van der Waals surface area contributed by atoms with Crippen LogP contribution in [0.1, 0.15) is 30.2 Å². The third kappa shape index (κ3) is 2.76. The fourth-order valence-electron chi connectivity index (χ4n) is 2.20. The Morgan fingerprint density at radius 2 is 1.94 bits per heavy atom. The Bertz CT molecular complexity index is 388. The van der Waals surface area contributed by atoms with E-state index in [1.807, 2.05) is 12.1 Å². The standard InChI is InChI=1S/C14H19BrO2/c1-9(10-4-5-10)14(15)12-8-11(16-2)6-7-13(12)17-3/h6-10,14H,4-5H2,1-3H3. The number of halogens is 1. The summed E-state index contributed by atoms with van der Waals surface area (Å²) in [5.41, 5.74) is 1.19. The molecule has 0 saturated heterocycles. The minimum atomic E-state index is 0.333. The molecular formula is C14H19BrO2. The lowest BCUT2D eigenvalue weighted by molar-refractivity contribution is 0.392. The average molecular weight is 299 g/mol. The number of hydrogen-bond acceptors (Lipinski definition) is 2. The Morgan fingerprint density at radius 1 is 1.24 bits per heavy atom. The van der Waals surface area contributed by atoms with Crippen molar-refractivity contribution >= 4 is 15.9 Å². The second-order valence-corrected chi connectivity index (χ2v) is 5.69. The van der Waals surface area contributed by atoms with E-state index in [1.54, 1.807) is 14.2 Å². The van der Waals surface area contributed by atoms with Crippen LogP contribution >= 0.6 is 15.9 Å². The molecule has 2 atom stereocenters. The van der Waals surface area contributed by atoms with E-state index in [4.69, 9.17) is 9.47 Å². The van der Waals surface area contributed by atoms with Gasteiger partial charge < -0.3 is 9.47 Å². The van der Waals surface area contributed by atoms with Crippen LogP contribution in [0.15, 0.2) is 18.2 Å². The molecule has 0 heterocycles. The van der Waals surface area contributed by atoms with Gasteiger partial charge in [-0.15, -0.1) is 0 Å². The lowest BCUT2D eigenvalue weighted by Gasteiger charge is -2.21. The van der Waals surface area contributed by atoms with Crippen LogP contribution in [0.3, 0.4) is 0 Å². The van der Waals surface area contributed by atoms with Gasteiger partial charge in [0.15, 0.2) is 0 Å². The van der Waals surface area contributed by atoms with Gasteiger partial charge in [0.25, 0.3) is 0 Å². The van der Waals surface area contributed by atoms with Crippen molar-refractivity contribution in [2.45, 2.75) is 24.6 Å². The Morgan fingerprint density at radius 3 is 2.47 bits per heavy atom. The SMILES string of the molecule is COc1ccc(OC)c(C(Br)C(C)C2CC2)c1. The lowest BCUT2D eigenvalue weighted by atomic mass is 9.96. The first-order valence-corrected chi connectivity index (χ1v) is 6.95. The van der Waals surface area contributed by atoms with Crippen LogP contribution in [0.2, 0.25) is 0 Å². The largest absolute Gasteiger partial charge is 0.497 e. The zero-order chi connectivity index (χ0) is 12.4. The molecule has 0 spiro atoms. The summed E-state index contributed by atoms with van der Waals surface area (Å²) in [7, 11) is 3.41. The molecule has 1 aliphatic rings. The molecule has 94 valence electrons. The second kappa shape index (κ2) is 5.30. The highest BCUT2D eigenvalue weighted by molar-refractivity contribution is 9.09. The number of rotatable bonds is 5. The van der Waals surface area contributed by atoms with Crippen LogP contribution in [0.25, 0.3) is 0 Å². The van der Waals surface area contributed by atoms with Gasteiger partial charge in [-0.3, -0.25) is 0 Å². The highest BCUT2D eigenvalue weighted by Crippen LogP contribution is 2.48. The number of ether oxygens (including phenoxy) is 2. The summed E-state index contributed by atoms with van der Waals surface area (Å²) >= 11 is 3.81. The molecule has 0 aliphatic heterocycles. The zero-order valence-corrected chi connectivity index (χ0v) is 12.2. The summed E-state index contributed by atoms with van der Waals surface area (Å²) in [6, 6.07) is 5.98. The van der Waals surface area contributed by atoms with E-state index in [0.29, 0.717) is 10.7 Å². The number of methoxy groups -OCH3 is 2. The van der Waals surface area contributed by atoms with Crippen LogP contribution in [-0.4, -0.2) is 14.2 Å². The molecule has 0 radical (unpaired) electrons. The van der Waals surface area contributed by atoms with Crippen molar-refractivity contribution in [3.05, 3.63) is 23.8 Å². The first kappa shape index (κ1) is 12.7. The average Bonchev–Trinajstić information content (AvgIpc) is 3.20. The molecule has 2 nitrogen and oxygen atoms in total. The number of benzene rings is 1. The maximum absolute atomic E-state index is 5.43. The molecule has 0 N–H and O–H groups in total. The minimum absolute atomic E-state index is 0.333. The quantitative estimate of drug-likeness (QED) is 0.759. The summed E-state index contributed by atoms with van der Waals surface area (Å²) in [6.45, 7) is 2.30. The molecule has 1 aromatic rings. The molecule has 2 unspecified atom stereocenters. The van der Waals surface area contributed by atoms with Crippen LogP contribution in [0, 0.1) is 11.8 Å². The third-order valence-electron chi connectivity index (χ3n) is 3.56. The van der Waals surface area contributed by atoms with Gasteiger partial charge >= 0.3 is 0 Å². The summed E-state index contributed by atoms with van der Waals surface area (Å²) in [5.74, 6) is 3.31. The fourth-order valence-corrected chi connectivity index (χ4v) is 2.99. The summed E-state index contributed by atoms with van der Waals surface area (Å²) in [6.07, 6.45) is 2.71. The van der Waals surface area contributed by atoms with Gasteiger partial charge in [-0.2, -0.15) is 0 Å². The van der Waals surface area contributed by atoms with Crippen LogP contribution in [0.5, 0.6) is 11.5 Å². The van der Waals surface area contributed by atoms with Gasteiger partial charge in [-0.1, -0.05) is 22.9 Å². The molecule has 2 rings (SSSR count). The van der Waals surface area contributed by atoms with E-state index in [-0.39, 0.29) is 0 Å². The summed E-state index contributed by atoms with van der Waals surface area (Å²) in [5, 5.41) is 0. The topological polar surface area (TPSA) is 18.5 Å².